The Labute approximate surface area is 201 Å². The Balaban J connectivity index is 2.58. The van der Waals surface area contributed by atoms with Gasteiger partial charge in [0.25, 0.3) is 0 Å². The third-order valence-corrected chi connectivity index (χ3v) is 5.58. The number of aliphatic hydroxyl groups excluding tert-OH is 1. The Kier molecular flexibility index (Phi) is 11.9. The van der Waals surface area contributed by atoms with Crippen LogP contribution in [0.2, 0.25) is 0 Å². The monoisotopic (exact) mass is 472 g/mol. The molecule has 1 rings (SSSR count). The number of aromatic carboxylic acids is 1. The number of aliphatic hydroxyl groups is 1. The van der Waals surface area contributed by atoms with Crippen molar-refractivity contribution in [1.82, 2.24) is 0 Å². The lowest BCUT2D eigenvalue weighted by Gasteiger charge is -2.10. The second-order valence-corrected chi connectivity index (χ2v) is 8.63. The Bertz CT molecular complexity index is 983. The van der Waals surface area contributed by atoms with E-state index in [0.29, 0.717) is 42.4 Å². The van der Waals surface area contributed by atoms with Crippen LogP contribution in [-0.2, 0) is 11.2 Å². The maximum absolute atomic E-state index is 11.4. The average molecular weight is 473 g/mol. The molecule has 0 amide bonds. The Morgan fingerprint density at radius 2 is 1.53 bits per heavy atom. The Morgan fingerprint density at radius 1 is 0.941 bits per heavy atom. The number of benzene rings is 1. The topological polar surface area (TPSA) is 135 Å². The van der Waals surface area contributed by atoms with E-state index in [2.05, 4.69) is 12.7 Å². The van der Waals surface area contributed by atoms with Gasteiger partial charge in [0, 0.05) is 11.1 Å². The van der Waals surface area contributed by atoms with Crippen molar-refractivity contribution in [2.24, 2.45) is 0 Å². The number of carbonyl (C=O) groups is 2. The molecule has 1 atom stereocenters. The van der Waals surface area contributed by atoms with Gasteiger partial charge in [-0.15, -0.1) is 0 Å². The summed E-state index contributed by atoms with van der Waals surface area (Å²) in [6, 6.07) is 2.37. The standard InChI is InChI=1S/C27H36O7/c1-17(2)23(28)14-13-20(26(31)32)10-6-9-18(3)7-5-8-19(4)11-12-21-15-22(27(33)34)16-24(29)25(21)30/h7,10-11,15-16,23,28-30H,1,5-6,8-9,12-14H2,2-4H3,(H,31,32)(H,33,34)/t23-/m1/s1. The van der Waals surface area contributed by atoms with E-state index in [1.54, 1.807) is 13.0 Å². The lowest BCUT2D eigenvalue weighted by Crippen LogP contribution is -2.10. The van der Waals surface area contributed by atoms with E-state index < -0.39 is 23.8 Å². The van der Waals surface area contributed by atoms with Crippen LogP contribution in [0.4, 0.5) is 0 Å². The number of aliphatic carboxylic acids is 1. The molecule has 186 valence electrons. The summed E-state index contributed by atoms with van der Waals surface area (Å²) >= 11 is 0. The van der Waals surface area contributed by atoms with Crippen molar-refractivity contribution >= 4 is 11.9 Å². The minimum atomic E-state index is -1.17. The van der Waals surface area contributed by atoms with E-state index >= 15 is 0 Å². The molecule has 0 spiro atoms. The van der Waals surface area contributed by atoms with Crippen LogP contribution in [0.25, 0.3) is 0 Å². The van der Waals surface area contributed by atoms with Gasteiger partial charge in [-0.25, -0.2) is 9.59 Å². The molecule has 0 aliphatic carbocycles. The maximum Gasteiger partial charge on any atom is 0.335 e. The molecular weight excluding hydrogens is 436 g/mol. The minimum absolute atomic E-state index is 0.0815. The summed E-state index contributed by atoms with van der Waals surface area (Å²) in [5.74, 6) is -2.91. The van der Waals surface area contributed by atoms with E-state index in [1.165, 1.54) is 6.07 Å². The predicted octanol–water partition coefficient (Wildman–Crippen LogP) is 5.52. The third kappa shape index (κ3) is 10.1. The van der Waals surface area contributed by atoms with Crippen molar-refractivity contribution in [3.05, 3.63) is 70.4 Å². The fourth-order valence-electron chi connectivity index (χ4n) is 3.30. The first-order valence-corrected chi connectivity index (χ1v) is 11.3. The summed E-state index contributed by atoms with van der Waals surface area (Å²) in [4.78, 5) is 22.5. The summed E-state index contributed by atoms with van der Waals surface area (Å²) in [5.41, 5.74) is 3.40. The molecule has 0 aliphatic heterocycles. The van der Waals surface area contributed by atoms with Crippen LogP contribution in [-0.4, -0.2) is 43.6 Å². The van der Waals surface area contributed by atoms with E-state index in [4.69, 9.17) is 5.11 Å². The smallest absolute Gasteiger partial charge is 0.335 e. The zero-order chi connectivity index (χ0) is 25.8. The Hall–Kier alpha value is -3.32. The highest BCUT2D eigenvalue weighted by Gasteiger charge is 2.13. The average Bonchev–Trinajstić information content (AvgIpc) is 2.76. The van der Waals surface area contributed by atoms with Gasteiger partial charge in [0.2, 0.25) is 0 Å². The first-order chi connectivity index (χ1) is 15.9. The van der Waals surface area contributed by atoms with E-state index in [9.17, 15) is 30.0 Å². The molecule has 1 aromatic carbocycles. The number of allylic oxidation sites excluding steroid dienone is 5. The van der Waals surface area contributed by atoms with Gasteiger partial charge in [0.15, 0.2) is 11.5 Å². The fraction of sp³-hybridized carbons (Fsp3) is 0.407. The van der Waals surface area contributed by atoms with Crippen LogP contribution in [0.3, 0.4) is 0 Å². The third-order valence-electron chi connectivity index (χ3n) is 5.58. The number of phenols is 2. The van der Waals surface area contributed by atoms with Crippen molar-refractivity contribution in [3.63, 3.8) is 0 Å². The first kappa shape index (κ1) is 28.7. The van der Waals surface area contributed by atoms with Crippen molar-refractivity contribution in [3.8, 4) is 11.5 Å². The molecule has 0 saturated heterocycles. The largest absolute Gasteiger partial charge is 0.504 e. The number of phenolic OH excluding ortho intramolecular Hbond substituents is 2. The zero-order valence-electron chi connectivity index (χ0n) is 20.2. The molecule has 0 heterocycles. The van der Waals surface area contributed by atoms with Crippen LogP contribution in [0.1, 0.15) is 75.2 Å². The molecule has 0 saturated carbocycles. The van der Waals surface area contributed by atoms with Crippen LogP contribution in [0.15, 0.2) is 59.2 Å². The van der Waals surface area contributed by atoms with Gasteiger partial charge >= 0.3 is 11.9 Å². The van der Waals surface area contributed by atoms with Crippen molar-refractivity contribution < 1.29 is 35.1 Å². The summed E-state index contributed by atoms with van der Waals surface area (Å²) < 4.78 is 0. The molecule has 7 heteroatoms. The molecule has 5 N–H and O–H groups in total. The highest BCUT2D eigenvalue weighted by molar-refractivity contribution is 5.89. The second-order valence-electron chi connectivity index (χ2n) is 8.63. The first-order valence-electron chi connectivity index (χ1n) is 11.3. The molecule has 34 heavy (non-hydrogen) atoms. The van der Waals surface area contributed by atoms with Gasteiger partial charge in [-0.05, 0) is 77.8 Å². The normalized spacial score (nSPS) is 13.6. The van der Waals surface area contributed by atoms with E-state index in [-0.39, 0.29) is 11.3 Å². The minimum Gasteiger partial charge on any atom is -0.504 e. The Morgan fingerprint density at radius 3 is 2.09 bits per heavy atom. The van der Waals surface area contributed by atoms with Gasteiger partial charge in [0.05, 0.1) is 11.7 Å². The molecule has 0 aromatic heterocycles. The van der Waals surface area contributed by atoms with Gasteiger partial charge in [0.1, 0.15) is 0 Å². The summed E-state index contributed by atoms with van der Waals surface area (Å²) in [5, 5.41) is 47.9. The lowest BCUT2D eigenvalue weighted by atomic mass is 10.0. The SMILES string of the molecule is C=C(C)[C@H](O)CCC(=CCCC(C)=CCCC(C)=CCc1cc(C(=O)O)cc(O)c1O)C(=O)O. The van der Waals surface area contributed by atoms with Crippen LogP contribution in [0, 0.1) is 0 Å². The van der Waals surface area contributed by atoms with Crippen LogP contribution >= 0.6 is 0 Å². The van der Waals surface area contributed by atoms with Gasteiger partial charge < -0.3 is 25.5 Å². The van der Waals surface area contributed by atoms with Gasteiger partial charge in [-0.3, -0.25) is 0 Å². The summed E-state index contributed by atoms with van der Waals surface area (Å²) in [6.45, 7) is 9.33. The number of hydrogen-bond acceptors (Lipinski definition) is 5. The molecule has 0 bridgehead atoms. The van der Waals surface area contributed by atoms with E-state index in [0.717, 1.165) is 36.5 Å². The van der Waals surface area contributed by atoms with Gasteiger partial charge in [-0.1, -0.05) is 41.5 Å². The quantitative estimate of drug-likeness (QED) is 0.137. The van der Waals surface area contributed by atoms with Crippen molar-refractivity contribution in [2.45, 2.75) is 71.8 Å². The predicted molar refractivity (Wildman–Crippen MR) is 132 cm³/mol. The lowest BCUT2D eigenvalue weighted by molar-refractivity contribution is -0.132. The second kappa shape index (κ2) is 14.1. The molecule has 7 nitrogen and oxygen atoms in total. The zero-order valence-corrected chi connectivity index (χ0v) is 20.2. The number of rotatable bonds is 14. The number of carboxylic acids is 2. The number of hydrogen-bond donors (Lipinski definition) is 5. The van der Waals surface area contributed by atoms with Crippen LogP contribution < -0.4 is 0 Å². The molecule has 0 radical (unpaired) electrons. The van der Waals surface area contributed by atoms with Gasteiger partial charge in [-0.2, -0.15) is 0 Å². The fourth-order valence-corrected chi connectivity index (χ4v) is 3.30. The van der Waals surface area contributed by atoms with Crippen molar-refractivity contribution in [1.29, 1.82) is 0 Å². The molecule has 0 fully saturated rings. The highest BCUT2D eigenvalue weighted by Crippen LogP contribution is 2.31. The number of carboxylic acid groups (broad SMARTS) is 2. The maximum atomic E-state index is 11.4. The van der Waals surface area contributed by atoms with E-state index in [1.807, 2.05) is 19.9 Å². The number of aromatic hydroxyl groups is 2. The summed E-state index contributed by atoms with van der Waals surface area (Å²) in [6.07, 6.45) is 8.85. The molecule has 1 aromatic rings. The molecule has 0 aliphatic rings. The molecule has 0 unspecified atom stereocenters. The highest BCUT2D eigenvalue weighted by atomic mass is 16.4. The summed E-state index contributed by atoms with van der Waals surface area (Å²) in [7, 11) is 0. The van der Waals surface area contributed by atoms with Crippen molar-refractivity contribution in [2.75, 3.05) is 0 Å². The molecular formula is C27H36O7. The van der Waals surface area contributed by atoms with Crippen LogP contribution in [0.5, 0.6) is 11.5 Å².